The van der Waals surface area contributed by atoms with Gasteiger partial charge in [0.15, 0.2) is 5.13 Å². The molecule has 1 aromatic heterocycles. The summed E-state index contributed by atoms with van der Waals surface area (Å²) >= 11 is 1.32. The zero-order valence-electron chi connectivity index (χ0n) is 13.9. The Morgan fingerprint density at radius 3 is 2.52 bits per heavy atom. The molecule has 8 heteroatoms. The number of nitrogens with zero attached hydrogens (tertiary/aromatic N) is 1. The third-order valence-corrected chi connectivity index (χ3v) is 5.82. The first-order valence-corrected chi connectivity index (χ1v) is 10.1. The van der Waals surface area contributed by atoms with Gasteiger partial charge < -0.3 is 9.47 Å². The fraction of sp³-hybridized carbons (Fsp3) is 0.235. The molecule has 0 aliphatic carbocycles. The summed E-state index contributed by atoms with van der Waals surface area (Å²) in [6, 6.07) is 12.8. The molecule has 2 aromatic carbocycles. The molecule has 25 heavy (non-hydrogen) atoms. The Morgan fingerprint density at radius 1 is 1.12 bits per heavy atom. The minimum Gasteiger partial charge on any atom is -0.497 e. The lowest BCUT2D eigenvalue weighted by Crippen LogP contribution is -2.21. The molecule has 0 bridgehead atoms. The molecular formula is C17H18N2O4S2. The molecule has 0 fully saturated rings. The number of sulfonamides is 1. The average Bonchev–Trinajstić information content (AvgIpc) is 2.98. The van der Waals surface area contributed by atoms with E-state index >= 15 is 0 Å². The van der Waals surface area contributed by atoms with E-state index in [1.165, 1.54) is 11.3 Å². The van der Waals surface area contributed by atoms with Gasteiger partial charge in [-0.1, -0.05) is 23.5 Å². The van der Waals surface area contributed by atoms with Crippen molar-refractivity contribution in [2.45, 2.75) is 6.92 Å². The quantitative estimate of drug-likeness (QED) is 0.681. The van der Waals surface area contributed by atoms with Crippen LogP contribution in [0.1, 0.15) is 5.56 Å². The van der Waals surface area contributed by atoms with Crippen LogP contribution in [0.2, 0.25) is 0 Å². The predicted octanol–water partition coefficient (Wildman–Crippen LogP) is 3.43. The van der Waals surface area contributed by atoms with E-state index < -0.39 is 10.0 Å². The number of benzene rings is 2. The van der Waals surface area contributed by atoms with E-state index in [4.69, 9.17) is 9.47 Å². The number of thiazole rings is 1. The molecule has 1 heterocycles. The van der Waals surface area contributed by atoms with Crippen molar-refractivity contribution in [2.75, 3.05) is 24.2 Å². The second-order valence-corrected chi connectivity index (χ2v) is 8.26. The van der Waals surface area contributed by atoms with Gasteiger partial charge in [0.25, 0.3) is 0 Å². The summed E-state index contributed by atoms with van der Waals surface area (Å²) in [6.07, 6.45) is 0. The monoisotopic (exact) mass is 378 g/mol. The van der Waals surface area contributed by atoms with Crippen molar-refractivity contribution in [3.05, 3.63) is 48.0 Å². The summed E-state index contributed by atoms with van der Waals surface area (Å²) in [5.41, 5.74) is 1.83. The molecule has 0 aliphatic rings. The third kappa shape index (κ3) is 4.40. The smallest absolute Gasteiger partial charge is 0.237 e. The van der Waals surface area contributed by atoms with Crippen LogP contribution in [0, 0.1) is 6.92 Å². The Hall–Kier alpha value is -2.32. The lowest BCUT2D eigenvalue weighted by atomic mass is 10.2. The fourth-order valence-corrected chi connectivity index (χ4v) is 4.31. The number of nitrogens with one attached hydrogen (secondary N) is 1. The van der Waals surface area contributed by atoms with Crippen molar-refractivity contribution < 1.29 is 17.9 Å². The summed E-state index contributed by atoms with van der Waals surface area (Å²) in [7, 11) is -1.95. The van der Waals surface area contributed by atoms with E-state index in [0.717, 1.165) is 15.8 Å². The van der Waals surface area contributed by atoms with Gasteiger partial charge in [0.1, 0.15) is 23.9 Å². The first-order chi connectivity index (χ1) is 12.0. The lowest BCUT2D eigenvalue weighted by Gasteiger charge is -2.08. The van der Waals surface area contributed by atoms with Crippen molar-refractivity contribution >= 4 is 36.7 Å². The number of hydrogen-bond donors (Lipinski definition) is 1. The highest BCUT2D eigenvalue weighted by molar-refractivity contribution is 7.92. The van der Waals surface area contributed by atoms with Gasteiger partial charge in [-0.25, -0.2) is 13.4 Å². The largest absolute Gasteiger partial charge is 0.497 e. The molecule has 3 aromatic rings. The molecular weight excluding hydrogens is 360 g/mol. The topological polar surface area (TPSA) is 77.5 Å². The van der Waals surface area contributed by atoms with Crippen molar-refractivity contribution in [3.63, 3.8) is 0 Å². The highest BCUT2D eigenvalue weighted by Crippen LogP contribution is 2.28. The summed E-state index contributed by atoms with van der Waals surface area (Å²) in [5.74, 6) is 1.15. The number of hydrogen-bond acceptors (Lipinski definition) is 6. The SMILES string of the molecule is COc1ccc(OCCS(=O)(=O)Nc2nc3c(C)cccc3s2)cc1. The first kappa shape index (κ1) is 17.5. The second kappa shape index (κ2) is 7.28. The molecule has 0 saturated heterocycles. The molecule has 0 spiro atoms. The van der Waals surface area contributed by atoms with Crippen LogP contribution in [0.5, 0.6) is 11.5 Å². The van der Waals surface area contributed by atoms with Gasteiger partial charge in [0.05, 0.1) is 17.3 Å². The predicted molar refractivity (Wildman–Crippen MR) is 100 cm³/mol. The van der Waals surface area contributed by atoms with Crippen LogP contribution < -0.4 is 14.2 Å². The van der Waals surface area contributed by atoms with E-state index in [1.807, 2.05) is 25.1 Å². The number of anilines is 1. The van der Waals surface area contributed by atoms with Gasteiger partial charge in [0.2, 0.25) is 10.0 Å². The Labute approximate surface area is 150 Å². The Kier molecular flexibility index (Phi) is 5.10. The summed E-state index contributed by atoms with van der Waals surface area (Å²) in [5, 5.41) is 0.369. The van der Waals surface area contributed by atoms with Crippen molar-refractivity contribution in [1.29, 1.82) is 0 Å². The summed E-state index contributed by atoms with van der Waals surface area (Å²) in [6.45, 7) is 1.99. The van der Waals surface area contributed by atoms with Gasteiger partial charge in [-0.3, -0.25) is 4.72 Å². The van der Waals surface area contributed by atoms with Crippen LogP contribution in [0.25, 0.3) is 10.2 Å². The first-order valence-electron chi connectivity index (χ1n) is 7.60. The number of methoxy groups -OCH3 is 1. The molecule has 0 radical (unpaired) electrons. The van der Waals surface area contributed by atoms with Crippen molar-refractivity contribution in [3.8, 4) is 11.5 Å². The van der Waals surface area contributed by atoms with Crippen LogP contribution in [0.4, 0.5) is 5.13 Å². The van der Waals surface area contributed by atoms with Crippen LogP contribution in [0.15, 0.2) is 42.5 Å². The van der Waals surface area contributed by atoms with E-state index in [0.29, 0.717) is 16.6 Å². The average molecular weight is 378 g/mol. The molecule has 1 N–H and O–H groups in total. The van der Waals surface area contributed by atoms with Gasteiger partial charge in [0, 0.05) is 0 Å². The second-order valence-electron chi connectivity index (χ2n) is 5.39. The summed E-state index contributed by atoms with van der Waals surface area (Å²) in [4.78, 5) is 4.36. The van der Waals surface area contributed by atoms with Gasteiger partial charge in [-0.15, -0.1) is 0 Å². The standard InChI is InChI=1S/C17H18N2O4S2/c1-12-4-3-5-15-16(12)18-17(24-15)19-25(20,21)11-10-23-14-8-6-13(22-2)7-9-14/h3-9H,10-11H2,1-2H3,(H,18,19). The minimum atomic E-state index is -3.53. The Balaban J connectivity index is 1.60. The molecule has 132 valence electrons. The normalized spacial score (nSPS) is 11.4. The zero-order valence-corrected chi connectivity index (χ0v) is 15.5. The van der Waals surface area contributed by atoms with E-state index in [9.17, 15) is 8.42 Å². The van der Waals surface area contributed by atoms with Crippen LogP contribution in [0.3, 0.4) is 0 Å². The van der Waals surface area contributed by atoms with Crippen molar-refractivity contribution in [1.82, 2.24) is 4.98 Å². The van der Waals surface area contributed by atoms with Gasteiger partial charge in [-0.05, 0) is 42.8 Å². The molecule has 3 rings (SSSR count). The van der Waals surface area contributed by atoms with Gasteiger partial charge >= 0.3 is 0 Å². The number of aryl methyl sites for hydroxylation is 1. The molecule has 6 nitrogen and oxygen atoms in total. The highest BCUT2D eigenvalue weighted by Gasteiger charge is 2.14. The zero-order chi connectivity index (χ0) is 17.9. The molecule has 0 amide bonds. The maximum atomic E-state index is 12.2. The van der Waals surface area contributed by atoms with Gasteiger partial charge in [-0.2, -0.15) is 0 Å². The molecule has 0 unspecified atom stereocenters. The Morgan fingerprint density at radius 2 is 1.84 bits per heavy atom. The molecule has 0 atom stereocenters. The maximum absolute atomic E-state index is 12.2. The third-order valence-electron chi connectivity index (χ3n) is 3.54. The maximum Gasteiger partial charge on any atom is 0.237 e. The van der Waals surface area contributed by atoms with Crippen LogP contribution in [-0.2, 0) is 10.0 Å². The highest BCUT2D eigenvalue weighted by atomic mass is 32.2. The van der Waals surface area contributed by atoms with E-state index in [-0.39, 0.29) is 12.4 Å². The fourth-order valence-electron chi connectivity index (χ4n) is 2.26. The summed E-state index contributed by atoms with van der Waals surface area (Å²) < 4.78 is 38.4. The number of aromatic nitrogens is 1. The minimum absolute atomic E-state index is 0.0472. The number of ether oxygens (including phenoxy) is 2. The van der Waals surface area contributed by atoms with E-state index in [2.05, 4.69) is 9.71 Å². The lowest BCUT2D eigenvalue weighted by molar-refractivity contribution is 0.340. The number of para-hydroxylation sites is 1. The van der Waals surface area contributed by atoms with E-state index in [1.54, 1.807) is 31.4 Å². The number of fused-ring (bicyclic) bond motifs is 1. The number of rotatable bonds is 7. The van der Waals surface area contributed by atoms with Crippen LogP contribution in [-0.4, -0.2) is 32.9 Å². The van der Waals surface area contributed by atoms with Crippen molar-refractivity contribution in [2.24, 2.45) is 0 Å². The Bertz CT molecular complexity index is 966. The molecule has 0 aliphatic heterocycles. The molecule has 0 saturated carbocycles. The van der Waals surface area contributed by atoms with Crippen LogP contribution >= 0.6 is 11.3 Å².